The zero-order valence-electron chi connectivity index (χ0n) is 29.4. The number of rotatable bonds is 8. The van der Waals surface area contributed by atoms with Crippen LogP contribution in [-0.2, 0) is 23.1 Å². The molecule has 4 aromatic heterocycles. The molecule has 14 nitrogen and oxygen atoms in total. The van der Waals surface area contributed by atoms with E-state index < -0.39 is 29.5 Å². The van der Waals surface area contributed by atoms with Gasteiger partial charge in [0, 0.05) is 50.1 Å². The number of nitrogens with one attached hydrogen (secondary N) is 1. The number of likely N-dealkylation sites (tertiary alicyclic amines) is 1. The average Bonchev–Trinajstić information content (AvgIpc) is 3.67. The molecular formula is C35H47N9O5. The van der Waals surface area contributed by atoms with Crippen LogP contribution in [0.2, 0.25) is 0 Å². The molecule has 0 radical (unpaired) electrons. The summed E-state index contributed by atoms with van der Waals surface area (Å²) in [6, 6.07) is 7.44. The van der Waals surface area contributed by atoms with E-state index in [0.29, 0.717) is 54.2 Å². The second-order valence-corrected chi connectivity index (χ2v) is 15.0. The number of aromatic nitrogens is 6. The molecule has 1 saturated heterocycles. The fourth-order valence-electron chi connectivity index (χ4n) is 5.86. The van der Waals surface area contributed by atoms with E-state index in [0.717, 1.165) is 24.1 Å². The Hall–Kier alpha value is -4.72. The standard InChI is InChI=1S/C35H47N9O5/c1-34(2,3)48-32(46)42-15-13-23(27(45)20-42)17-37-28-16-30(44-31(40-28)24(18-38-44)22-11-12-22)43(33(47)49-35(4,5)6)21-29-39-26(19-41(29)7)25-10-8-9-14-36-25/h8-10,14,16,18-19,22-23,27,45H,11-13,15,17,20-21H2,1-7H3,(H,37,40)/t23-,27+/m1/s1. The van der Waals surface area contributed by atoms with E-state index >= 15 is 0 Å². The topological polar surface area (TPSA) is 152 Å². The number of aliphatic hydroxyl groups excluding tert-OH is 1. The van der Waals surface area contributed by atoms with E-state index in [9.17, 15) is 14.7 Å². The van der Waals surface area contributed by atoms with Gasteiger partial charge in [0.15, 0.2) is 5.65 Å². The van der Waals surface area contributed by atoms with Gasteiger partial charge in [0.2, 0.25) is 0 Å². The Bertz CT molecular complexity index is 1800. The van der Waals surface area contributed by atoms with E-state index in [1.807, 2.05) is 83.7 Å². The molecule has 2 amide bonds. The fraction of sp³-hybridized carbons (Fsp3) is 0.543. The number of amides is 2. The molecule has 14 heteroatoms. The van der Waals surface area contributed by atoms with Crippen molar-refractivity contribution in [1.82, 2.24) is 34.0 Å². The monoisotopic (exact) mass is 673 g/mol. The first kappa shape index (κ1) is 34.2. The number of fused-ring (bicyclic) bond motifs is 1. The first-order valence-electron chi connectivity index (χ1n) is 16.9. The summed E-state index contributed by atoms with van der Waals surface area (Å²) in [6.45, 7) is 12.1. The molecule has 0 bridgehead atoms. The molecule has 0 spiro atoms. The molecule has 1 aliphatic heterocycles. The lowest BCUT2D eigenvalue weighted by atomic mass is 9.94. The van der Waals surface area contributed by atoms with E-state index in [4.69, 9.17) is 24.5 Å². The molecule has 49 heavy (non-hydrogen) atoms. The first-order chi connectivity index (χ1) is 23.1. The van der Waals surface area contributed by atoms with Gasteiger partial charge in [0.05, 0.1) is 31.1 Å². The van der Waals surface area contributed by atoms with Crippen LogP contribution >= 0.6 is 0 Å². The molecule has 0 unspecified atom stereocenters. The predicted octanol–water partition coefficient (Wildman–Crippen LogP) is 5.37. The van der Waals surface area contributed by atoms with Crippen LogP contribution in [0.3, 0.4) is 0 Å². The minimum atomic E-state index is -0.753. The number of carbonyl (C=O) groups is 2. The van der Waals surface area contributed by atoms with Gasteiger partial charge in [-0.3, -0.25) is 9.88 Å². The third-order valence-electron chi connectivity index (χ3n) is 8.51. The van der Waals surface area contributed by atoms with Crippen molar-refractivity contribution in [2.45, 2.75) is 90.6 Å². The zero-order chi connectivity index (χ0) is 35.1. The van der Waals surface area contributed by atoms with Gasteiger partial charge in [0.1, 0.15) is 34.4 Å². The first-order valence-corrected chi connectivity index (χ1v) is 16.9. The largest absolute Gasteiger partial charge is 0.444 e. The molecule has 5 heterocycles. The Morgan fingerprint density at radius 1 is 1.04 bits per heavy atom. The van der Waals surface area contributed by atoms with Crippen molar-refractivity contribution >= 4 is 29.5 Å². The van der Waals surface area contributed by atoms with E-state index in [2.05, 4.69) is 10.3 Å². The third-order valence-corrected chi connectivity index (χ3v) is 8.51. The molecule has 2 atom stereocenters. The van der Waals surface area contributed by atoms with Gasteiger partial charge < -0.3 is 29.4 Å². The van der Waals surface area contributed by atoms with E-state index in [-0.39, 0.29) is 19.0 Å². The summed E-state index contributed by atoms with van der Waals surface area (Å²) in [5, 5.41) is 19.1. The molecule has 1 aliphatic carbocycles. The lowest BCUT2D eigenvalue weighted by Crippen LogP contribution is -2.49. The van der Waals surface area contributed by atoms with Crippen LogP contribution in [0.4, 0.5) is 21.2 Å². The third kappa shape index (κ3) is 8.12. The number of ether oxygens (including phenoxy) is 2. The number of nitrogens with zero attached hydrogens (tertiary/aromatic N) is 8. The summed E-state index contributed by atoms with van der Waals surface area (Å²) in [7, 11) is 1.88. The highest BCUT2D eigenvalue weighted by molar-refractivity contribution is 5.88. The number of aryl methyl sites for hydroxylation is 1. The minimum absolute atomic E-state index is 0.0945. The number of piperidine rings is 1. The second-order valence-electron chi connectivity index (χ2n) is 15.0. The smallest absolute Gasteiger partial charge is 0.416 e. The molecule has 2 aliphatic rings. The van der Waals surface area contributed by atoms with Crippen molar-refractivity contribution < 1.29 is 24.2 Å². The highest BCUT2D eigenvalue weighted by Gasteiger charge is 2.34. The number of hydrogen-bond donors (Lipinski definition) is 2. The summed E-state index contributed by atoms with van der Waals surface area (Å²) < 4.78 is 15.0. The van der Waals surface area contributed by atoms with Crippen LogP contribution in [0.1, 0.15) is 78.1 Å². The number of pyridine rings is 1. The molecule has 0 aromatic carbocycles. The van der Waals surface area contributed by atoms with Crippen LogP contribution in [0.25, 0.3) is 17.0 Å². The van der Waals surface area contributed by atoms with Crippen LogP contribution in [-0.4, -0.2) is 88.3 Å². The maximum Gasteiger partial charge on any atom is 0.416 e. The summed E-state index contributed by atoms with van der Waals surface area (Å²) in [5.74, 6) is 1.86. The SMILES string of the molecule is Cn1cc(-c2ccccn2)nc1CN(C(=O)OC(C)(C)C)c1cc(NC[C@H]2CCN(C(=O)OC(C)(C)C)C[C@@H]2O)nc2c(C3CC3)cnn12. The van der Waals surface area contributed by atoms with Gasteiger partial charge in [-0.1, -0.05) is 6.07 Å². The summed E-state index contributed by atoms with van der Waals surface area (Å²) >= 11 is 0. The maximum atomic E-state index is 14.0. The van der Waals surface area contributed by atoms with Gasteiger partial charge >= 0.3 is 12.2 Å². The Morgan fingerprint density at radius 3 is 2.45 bits per heavy atom. The van der Waals surface area contributed by atoms with Crippen LogP contribution < -0.4 is 10.2 Å². The predicted molar refractivity (Wildman–Crippen MR) is 184 cm³/mol. The summed E-state index contributed by atoms with van der Waals surface area (Å²) in [4.78, 5) is 43.9. The van der Waals surface area contributed by atoms with E-state index in [1.54, 1.807) is 21.7 Å². The maximum absolute atomic E-state index is 14.0. The van der Waals surface area contributed by atoms with Crippen molar-refractivity contribution in [1.29, 1.82) is 0 Å². The van der Waals surface area contributed by atoms with Crippen molar-refractivity contribution in [3.05, 3.63) is 54.2 Å². The Morgan fingerprint density at radius 2 is 1.80 bits per heavy atom. The highest BCUT2D eigenvalue weighted by atomic mass is 16.6. The summed E-state index contributed by atoms with van der Waals surface area (Å²) in [6.07, 6.45) is 6.41. The second kappa shape index (κ2) is 13.3. The number of anilines is 2. The minimum Gasteiger partial charge on any atom is -0.444 e. The Labute approximate surface area is 286 Å². The Kier molecular flexibility index (Phi) is 9.27. The Balaban J connectivity index is 1.30. The van der Waals surface area contributed by atoms with Gasteiger partial charge in [-0.05, 0) is 78.9 Å². The average molecular weight is 674 g/mol. The fourth-order valence-corrected chi connectivity index (χ4v) is 5.86. The van der Waals surface area contributed by atoms with Crippen molar-refractivity contribution in [3.63, 3.8) is 0 Å². The molecule has 4 aromatic rings. The quantitative estimate of drug-likeness (QED) is 0.250. The molecular weight excluding hydrogens is 626 g/mol. The van der Waals surface area contributed by atoms with Crippen LogP contribution in [0.15, 0.2) is 42.9 Å². The highest BCUT2D eigenvalue weighted by Crippen LogP contribution is 2.42. The van der Waals surface area contributed by atoms with Gasteiger partial charge in [-0.2, -0.15) is 9.61 Å². The van der Waals surface area contributed by atoms with E-state index in [1.165, 1.54) is 4.90 Å². The number of aliphatic hydroxyl groups is 1. The van der Waals surface area contributed by atoms with Crippen molar-refractivity contribution in [3.8, 4) is 11.4 Å². The number of hydrogen-bond acceptors (Lipinski definition) is 10. The van der Waals surface area contributed by atoms with Crippen molar-refractivity contribution in [2.24, 2.45) is 13.0 Å². The van der Waals surface area contributed by atoms with Crippen LogP contribution in [0, 0.1) is 5.92 Å². The molecule has 2 fully saturated rings. The number of carbonyl (C=O) groups excluding carboxylic acids is 2. The molecule has 262 valence electrons. The van der Waals surface area contributed by atoms with Crippen molar-refractivity contribution in [2.75, 3.05) is 29.9 Å². The number of β-amino-alcohol motifs (C(OH)–C–C–N with tert-alkyl or cyclic N) is 1. The molecule has 2 N–H and O–H groups in total. The zero-order valence-corrected chi connectivity index (χ0v) is 29.4. The van der Waals surface area contributed by atoms with Gasteiger partial charge in [0.25, 0.3) is 0 Å². The normalized spacial score (nSPS) is 18.4. The lowest BCUT2D eigenvalue weighted by molar-refractivity contribution is -0.0104. The van der Waals surface area contributed by atoms with Crippen LogP contribution in [0.5, 0.6) is 0 Å². The number of imidazole rings is 1. The molecule has 1 saturated carbocycles. The lowest BCUT2D eigenvalue weighted by Gasteiger charge is -2.36. The molecule has 6 rings (SSSR count). The van der Waals surface area contributed by atoms with Gasteiger partial charge in [-0.15, -0.1) is 0 Å². The van der Waals surface area contributed by atoms with Gasteiger partial charge in [-0.25, -0.2) is 19.6 Å². The summed E-state index contributed by atoms with van der Waals surface area (Å²) in [5.41, 5.74) is 1.73.